The number of carbonyl (C=O) groups excluding carboxylic acids is 1. The van der Waals surface area contributed by atoms with Crippen molar-refractivity contribution in [2.24, 2.45) is 5.92 Å². The Hall–Kier alpha value is -2.30. The van der Waals surface area contributed by atoms with Crippen LogP contribution in [0.25, 0.3) is 10.9 Å². The Bertz CT molecular complexity index is 636. The van der Waals surface area contributed by atoms with E-state index in [1.165, 1.54) is 0 Å². The zero-order chi connectivity index (χ0) is 14.8. The van der Waals surface area contributed by atoms with E-state index in [1.54, 1.807) is 0 Å². The molecule has 1 amide bonds. The Morgan fingerprint density at radius 1 is 1.24 bits per heavy atom. The Morgan fingerprint density at radius 2 is 1.95 bits per heavy atom. The molecular formula is C16H18N2O3. The largest absolute Gasteiger partial charge is 0.481 e. The number of hydrogen-bond acceptors (Lipinski definition) is 2. The average molecular weight is 286 g/mol. The van der Waals surface area contributed by atoms with E-state index in [-0.39, 0.29) is 18.2 Å². The number of piperidine rings is 1. The van der Waals surface area contributed by atoms with Gasteiger partial charge in [0.25, 0.3) is 5.91 Å². The molecule has 0 radical (unpaired) electrons. The van der Waals surface area contributed by atoms with Crippen molar-refractivity contribution >= 4 is 22.8 Å². The van der Waals surface area contributed by atoms with E-state index in [9.17, 15) is 9.59 Å². The van der Waals surface area contributed by atoms with Gasteiger partial charge in [-0.15, -0.1) is 0 Å². The molecule has 1 saturated heterocycles. The lowest BCUT2D eigenvalue weighted by Crippen LogP contribution is -2.39. The van der Waals surface area contributed by atoms with Gasteiger partial charge in [0, 0.05) is 30.4 Å². The van der Waals surface area contributed by atoms with Crippen LogP contribution in [-0.4, -0.2) is 40.0 Å². The summed E-state index contributed by atoms with van der Waals surface area (Å²) >= 11 is 0. The number of para-hydroxylation sites is 1. The van der Waals surface area contributed by atoms with Gasteiger partial charge in [-0.3, -0.25) is 9.59 Å². The fourth-order valence-corrected chi connectivity index (χ4v) is 2.95. The van der Waals surface area contributed by atoms with Crippen LogP contribution in [-0.2, 0) is 4.79 Å². The normalized spacial score (nSPS) is 16.3. The van der Waals surface area contributed by atoms with E-state index in [0.717, 1.165) is 23.7 Å². The summed E-state index contributed by atoms with van der Waals surface area (Å²) in [5.41, 5.74) is 1.56. The molecule has 0 bridgehead atoms. The van der Waals surface area contributed by atoms with Crippen LogP contribution in [0.15, 0.2) is 30.3 Å². The van der Waals surface area contributed by atoms with Gasteiger partial charge in [-0.1, -0.05) is 18.2 Å². The molecule has 1 fully saturated rings. The van der Waals surface area contributed by atoms with Crippen LogP contribution < -0.4 is 0 Å². The number of amides is 1. The minimum Gasteiger partial charge on any atom is -0.481 e. The van der Waals surface area contributed by atoms with Crippen LogP contribution in [0.1, 0.15) is 29.8 Å². The number of aromatic amines is 1. The highest BCUT2D eigenvalue weighted by Crippen LogP contribution is 2.23. The third kappa shape index (κ3) is 2.91. The molecule has 1 aliphatic rings. The standard InChI is InChI=1S/C16H18N2O3/c19-15(20)9-11-5-7-18(8-6-11)16(21)14-10-12-3-1-2-4-13(12)17-14/h1-4,10-11,17H,5-9H2,(H,19,20). The summed E-state index contributed by atoms with van der Waals surface area (Å²) in [6.45, 7) is 1.26. The number of carboxylic acid groups (broad SMARTS) is 1. The van der Waals surface area contributed by atoms with Crippen LogP contribution >= 0.6 is 0 Å². The minimum absolute atomic E-state index is 0.0000231. The fourth-order valence-electron chi connectivity index (χ4n) is 2.95. The van der Waals surface area contributed by atoms with E-state index < -0.39 is 5.97 Å². The highest BCUT2D eigenvalue weighted by atomic mass is 16.4. The topological polar surface area (TPSA) is 73.4 Å². The van der Waals surface area contributed by atoms with Crippen LogP contribution in [0.2, 0.25) is 0 Å². The molecule has 0 atom stereocenters. The summed E-state index contributed by atoms with van der Waals surface area (Å²) in [6.07, 6.45) is 1.73. The maximum Gasteiger partial charge on any atom is 0.303 e. The summed E-state index contributed by atoms with van der Waals surface area (Å²) in [5.74, 6) is -0.565. The second-order valence-corrected chi connectivity index (χ2v) is 5.60. The number of rotatable bonds is 3. The van der Waals surface area contributed by atoms with E-state index in [1.807, 2.05) is 35.2 Å². The molecule has 21 heavy (non-hydrogen) atoms. The molecule has 110 valence electrons. The number of likely N-dealkylation sites (tertiary alicyclic amines) is 1. The van der Waals surface area contributed by atoms with Crippen molar-refractivity contribution in [3.05, 3.63) is 36.0 Å². The van der Waals surface area contributed by atoms with E-state index in [0.29, 0.717) is 18.8 Å². The SMILES string of the molecule is O=C(O)CC1CCN(C(=O)c2cc3ccccc3[nH]2)CC1. The number of nitrogens with one attached hydrogen (secondary N) is 1. The predicted octanol–water partition coefficient (Wildman–Crippen LogP) is 2.49. The first-order valence-electron chi connectivity index (χ1n) is 7.22. The lowest BCUT2D eigenvalue weighted by atomic mass is 9.93. The Kier molecular flexibility index (Phi) is 3.64. The van der Waals surface area contributed by atoms with Crippen LogP contribution in [0.5, 0.6) is 0 Å². The average Bonchev–Trinajstić information content (AvgIpc) is 2.90. The second-order valence-electron chi connectivity index (χ2n) is 5.60. The van der Waals surface area contributed by atoms with Crippen molar-refractivity contribution in [2.45, 2.75) is 19.3 Å². The van der Waals surface area contributed by atoms with Gasteiger partial charge >= 0.3 is 5.97 Å². The lowest BCUT2D eigenvalue weighted by molar-refractivity contribution is -0.138. The zero-order valence-corrected chi connectivity index (χ0v) is 11.7. The molecule has 2 aromatic rings. The number of hydrogen-bond donors (Lipinski definition) is 2. The van der Waals surface area contributed by atoms with Gasteiger partial charge in [0.05, 0.1) is 0 Å². The first kappa shape index (κ1) is 13.7. The van der Waals surface area contributed by atoms with Gasteiger partial charge in [0.2, 0.25) is 0 Å². The third-order valence-electron chi connectivity index (χ3n) is 4.13. The molecule has 5 heteroatoms. The van der Waals surface area contributed by atoms with Gasteiger partial charge in [-0.05, 0) is 30.9 Å². The van der Waals surface area contributed by atoms with E-state index in [2.05, 4.69) is 4.98 Å². The van der Waals surface area contributed by atoms with Gasteiger partial charge in [0.15, 0.2) is 0 Å². The molecule has 0 spiro atoms. The van der Waals surface area contributed by atoms with Crippen LogP contribution in [0.4, 0.5) is 0 Å². The van der Waals surface area contributed by atoms with Crippen molar-refractivity contribution in [1.29, 1.82) is 0 Å². The number of carbonyl (C=O) groups is 2. The Balaban J connectivity index is 1.67. The Morgan fingerprint density at radius 3 is 2.62 bits per heavy atom. The number of benzene rings is 1. The maximum absolute atomic E-state index is 12.5. The molecule has 0 saturated carbocycles. The summed E-state index contributed by atoms with van der Waals surface area (Å²) in [4.78, 5) is 28.2. The number of nitrogens with zero attached hydrogens (tertiary/aromatic N) is 1. The lowest BCUT2D eigenvalue weighted by Gasteiger charge is -2.31. The molecule has 5 nitrogen and oxygen atoms in total. The number of carboxylic acids is 1. The van der Waals surface area contributed by atoms with Crippen molar-refractivity contribution in [1.82, 2.24) is 9.88 Å². The third-order valence-corrected chi connectivity index (χ3v) is 4.13. The van der Waals surface area contributed by atoms with E-state index in [4.69, 9.17) is 5.11 Å². The predicted molar refractivity (Wildman–Crippen MR) is 79.2 cm³/mol. The summed E-state index contributed by atoms with van der Waals surface area (Å²) in [5, 5.41) is 9.84. The summed E-state index contributed by atoms with van der Waals surface area (Å²) in [7, 11) is 0. The molecule has 2 heterocycles. The van der Waals surface area contributed by atoms with Gasteiger partial charge in [-0.25, -0.2) is 0 Å². The zero-order valence-electron chi connectivity index (χ0n) is 11.7. The van der Waals surface area contributed by atoms with Crippen LogP contribution in [0, 0.1) is 5.92 Å². The van der Waals surface area contributed by atoms with E-state index >= 15 is 0 Å². The smallest absolute Gasteiger partial charge is 0.303 e. The molecule has 0 aliphatic carbocycles. The van der Waals surface area contributed by atoms with Crippen molar-refractivity contribution in [2.75, 3.05) is 13.1 Å². The number of fused-ring (bicyclic) bond motifs is 1. The monoisotopic (exact) mass is 286 g/mol. The Labute approximate surface area is 122 Å². The molecule has 1 aromatic carbocycles. The summed E-state index contributed by atoms with van der Waals surface area (Å²) < 4.78 is 0. The summed E-state index contributed by atoms with van der Waals surface area (Å²) in [6, 6.07) is 9.68. The van der Waals surface area contributed by atoms with Crippen LogP contribution in [0.3, 0.4) is 0 Å². The fraction of sp³-hybridized carbons (Fsp3) is 0.375. The quantitative estimate of drug-likeness (QED) is 0.910. The molecule has 2 N–H and O–H groups in total. The van der Waals surface area contributed by atoms with Gasteiger partial charge < -0.3 is 15.0 Å². The highest BCUT2D eigenvalue weighted by Gasteiger charge is 2.25. The molecule has 3 rings (SSSR count). The second kappa shape index (κ2) is 5.60. The number of aromatic nitrogens is 1. The maximum atomic E-state index is 12.5. The number of aliphatic carboxylic acids is 1. The highest BCUT2D eigenvalue weighted by molar-refractivity contribution is 5.98. The van der Waals surface area contributed by atoms with Crippen molar-refractivity contribution in [3.8, 4) is 0 Å². The first-order valence-corrected chi connectivity index (χ1v) is 7.22. The van der Waals surface area contributed by atoms with Gasteiger partial charge in [-0.2, -0.15) is 0 Å². The minimum atomic E-state index is -0.754. The van der Waals surface area contributed by atoms with Crippen molar-refractivity contribution < 1.29 is 14.7 Å². The number of H-pyrrole nitrogens is 1. The molecule has 0 unspecified atom stereocenters. The molecule has 1 aliphatic heterocycles. The molecular weight excluding hydrogens is 268 g/mol. The first-order chi connectivity index (χ1) is 10.1. The van der Waals surface area contributed by atoms with Crippen molar-refractivity contribution in [3.63, 3.8) is 0 Å². The van der Waals surface area contributed by atoms with Gasteiger partial charge in [0.1, 0.15) is 5.69 Å². The molecule has 1 aromatic heterocycles.